The third-order valence-corrected chi connectivity index (χ3v) is 10.6. The van der Waals surface area contributed by atoms with E-state index in [1.165, 1.54) is 16.7 Å². The molecule has 0 fully saturated rings. The molecule has 0 atom stereocenters. The van der Waals surface area contributed by atoms with Gasteiger partial charge in [0.1, 0.15) is 0 Å². The van der Waals surface area contributed by atoms with E-state index >= 15 is 0 Å². The van der Waals surface area contributed by atoms with Crippen molar-refractivity contribution in [3.63, 3.8) is 0 Å². The van der Waals surface area contributed by atoms with E-state index in [1.54, 1.807) is 4.80 Å². The van der Waals surface area contributed by atoms with Crippen molar-refractivity contribution in [3.8, 4) is 22.5 Å². The van der Waals surface area contributed by atoms with Gasteiger partial charge in [0.05, 0.1) is 24.6 Å². The van der Waals surface area contributed by atoms with Gasteiger partial charge in [0.15, 0.2) is 5.54 Å². The Hall–Kier alpha value is -6.44. The highest BCUT2D eigenvalue weighted by Crippen LogP contribution is 2.40. The first kappa shape index (κ1) is 36.5. The van der Waals surface area contributed by atoms with Crippen LogP contribution in [0.3, 0.4) is 0 Å². The topological polar surface area (TPSA) is 70.7 Å². The average molecular weight is 735 g/mol. The lowest BCUT2D eigenvalue weighted by molar-refractivity contribution is 0.101. The zero-order chi connectivity index (χ0) is 38.2. The van der Waals surface area contributed by atoms with Crippen molar-refractivity contribution in [2.45, 2.75) is 51.4 Å². The Morgan fingerprint density at radius 1 is 0.571 bits per heavy atom. The highest BCUT2D eigenvalue weighted by molar-refractivity contribution is 5.80. The highest BCUT2D eigenvalue weighted by Gasteiger charge is 2.41. The minimum Gasteiger partial charge on any atom is -0.370 e. The van der Waals surface area contributed by atoms with Crippen LogP contribution in [0.25, 0.3) is 22.5 Å². The molecule has 2 aromatic heterocycles. The molecule has 8 rings (SSSR count). The lowest BCUT2D eigenvalue weighted by atomic mass is 9.77. The number of hydrogen-bond acceptors (Lipinski definition) is 5. The molecule has 0 unspecified atom stereocenters. The zero-order valence-electron chi connectivity index (χ0n) is 32.0. The van der Waals surface area contributed by atoms with Crippen LogP contribution in [-0.2, 0) is 43.4 Å². The minimum atomic E-state index is -0.848. The van der Waals surface area contributed by atoms with Gasteiger partial charge in [0.2, 0.25) is 5.82 Å². The number of ether oxygens (including phenoxy) is 1. The molecule has 0 aliphatic heterocycles. The standard InChI is InChI=1S/C49H46N6O/c1-3-4-29-46-45(47(54(2)51-46)36-56-35-38-19-9-5-10-20-38)34-37-30-32-39(33-31-37)43-27-17-18-28-44(43)48-50-53-55(52-48)49(40-21-11-6-12-22-40,41-23-13-7-14-24-41)42-25-15-8-16-26-42/h5-28,30-33H,3-4,29,34-36H2,1-2H3. The fraction of sp³-hybridized carbons (Fsp3) is 0.184. The Labute approximate surface area is 329 Å². The molecule has 0 spiro atoms. The van der Waals surface area contributed by atoms with Crippen molar-refractivity contribution >= 4 is 0 Å². The van der Waals surface area contributed by atoms with Gasteiger partial charge in [-0.05, 0) is 57.0 Å². The van der Waals surface area contributed by atoms with E-state index in [1.807, 2.05) is 54.2 Å². The maximum Gasteiger partial charge on any atom is 0.205 e. The summed E-state index contributed by atoms with van der Waals surface area (Å²) < 4.78 is 8.25. The Balaban J connectivity index is 1.11. The molecule has 6 aromatic carbocycles. The maximum absolute atomic E-state index is 6.23. The number of rotatable bonds is 15. The summed E-state index contributed by atoms with van der Waals surface area (Å²) in [6, 6.07) is 58.8. The Kier molecular flexibility index (Phi) is 11.0. The van der Waals surface area contributed by atoms with E-state index in [-0.39, 0.29) is 0 Å². The summed E-state index contributed by atoms with van der Waals surface area (Å²) in [5, 5.41) is 19.7. The van der Waals surface area contributed by atoms with Gasteiger partial charge in [-0.3, -0.25) is 4.68 Å². The Bertz CT molecular complexity index is 2360. The molecule has 0 amide bonds. The van der Waals surface area contributed by atoms with Gasteiger partial charge in [-0.2, -0.15) is 5.10 Å². The van der Waals surface area contributed by atoms with Gasteiger partial charge in [-0.25, -0.2) is 0 Å². The molecule has 0 radical (unpaired) electrons. The summed E-state index contributed by atoms with van der Waals surface area (Å²) >= 11 is 0. The molecule has 0 saturated heterocycles. The van der Waals surface area contributed by atoms with E-state index < -0.39 is 5.54 Å². The molecule has 2 heterocycles. The third-order valence-electron chi connectivity index (χ3n) is 10.6. The number of aryl methyl sites for hydroxylation is 2. The number of nitrogens with zero attached hydrogens (tertiary/aromatic N) is 6. The number of benzene rings is 6. The summed E-state index contributed by atoms with van der Waals surface area (Å²) in [6.07, 6.45) is 3.97. The smallest absolute Gasteiger partial charge is 0.205 e. The van der Waals surface area contributed by atoms with E-state index in [4.69, 9.17) is 25.2 Å². The molecule has 7 heteroatoms. The highest BCUT2D eigenvalue weighted by atomic mass is 16.5. The number of hydrogen-bond donors (Lipinski definition) is 0. The molecule has 0 aliphatic rings. The SMILES string of the molecule is CCCCc1nn(C)c(COCc2ccccc2)c1Cc1ccc(-c2ccccc2-c2nnn(C(c3ccccc3)(c3ccccc3)c3ccccc3)n2)cc1. The molecule has 7 nitrogen and oxygen atoms in total. The lowest BCUT2D eigenvalue weighted by Crippen LogP contribution is -2.39. The molecule has 0 aliphatic carbocycles. The summed E-state index contributed by atoms with van der Waals surface area (Å²) in [7, 11) is 2.04. The summed E-state index contributed by atoms with van der Waals surface area (Å²) in [5.41, 5.74) is 11.3. The van der Waals surface area contributed by atoms with Crippen molar-refractivity contribution in [2.75, 3.05) is 0 Å². The lowest BCUT2D eigenvalue weighted by Gasteiger charge is -2.34. The quantitative estimate of drug-likeness (QED) is 0.0981. The molecular formula is C49H46N6O. The van der Waals surface area contributed by atoms with Crippen molar-refractivity contribution < 1.29 is 4.74 Å². The normalized spacial score (nSPS) is 11.5. The van der Waals surface area contributed by atoms with Crippen molar-refractivity contribution in [2.24, 2.45) is 7.05 Å². The number of tetrazole rings is 1. The fourth-order valence-corrected chi connectivity index (χ4v) is 7.72. The first-order chi connectivity index (χ1) is 27.6. The summed E-state index contributed by atoms with van der Waals surface area (Å²) in [5.74, 6) is 0.563. The van der Waals surface area contributed by atoms with Crippen molar-refractivity contribution in [1.29, 1.82) is 0 Å². The van der Waals surface area contributed by atoms with Gasteiger partial charge in [-0.1, -0.05) is 183 Å². The minimum absolute atomic E-state index is 0.513. The van der Waals surface area contributed by atoms with Gasteiger partial charge in [0.25, 0.3) is 0 Å². The van der Waals surface area contributed by atoms with E-state index in [0.29, 0.717) is 19.0 Å². The van der Waals surface area contributed by atoms with E-state index in [9.17, 15) is 0 Å². The van der Waals surface area contributed by atoms with Crippen LogP contribution >= 0.6 is 0 Å². The first-order valence-electron chi connectivity index (χ1n) is 19.5. The second-order valence-electron chi connectivity index (χ2n) is 14.2. The largest absolute Gasteiger partial charge is 0.370 e. The predicted molar refractivity (Wildman–Crippen MR) is 223 cm³/mol. The van der Waals surface area contributed by atoms with Crippen LogP contribution < -0.4 is 0 Å². The molecule has 0 N–H and O–H groups in total. The second kappa shape index (κ2) is 16.9. The summed E-state index contributed by atoms with van der Waals surface area (Å²) in [6.45, 7) is 3.31. The molecule has 0 saturated carbocycles. The van der Waals surface area contributed by atoms with Crippen molar-refractivity contribution in [1.82, 2.24) is 30.0 Å². The monoisotopic (exact) mass is 734 g/mol. The van der Waals surface area contributed by atoms with Gasteiger partial charge in [-0.15, -0.1) is 15.0 Å². The van der Waals surface area contributed by atoms with E-state index in [0.717, 1.165) is 70.5 Å². The van der Waals surface area contributed by atoms with Crippen LogP contribution in [-0.4, -0.2) is 30.0 Å². The fourth-order valence-electron chi connectivity index (χ4n) is 7.72. The maximum atomic E-state index is 6.23. The van der Waals surface area contributed by atoms with Crippen LogP contribution in [0.2, 0.25) is 0 Å². The number of unbranched alkanes of at least 4 members (excludes halogenated alkanes) is 1. The Morgan fingerprint density at radius 3 is 1.71 bits per heavy atom. The van der Waals surface area contributed by atoms with Crippen LogP contribution in [0.1, 0.15) is 64.5 Å². The van der Waals surface area contributed by atoms with Gasteiger partial charge < -0.3 is 4.74 Å². The van der Waals surface area contributed by atoms with Crippen LogP contribution in [0, 0.1) is 0 Å². The van der Waals surface area contributed by atoms with Crippen LogP contribution in [0.5, 0.6) is 0 Å². The van der Waals surface area contributed by atoms with Gasteiger partial charge in [0, 0.05) is 24.6 Å². The van der Waals surface area contributed by atoms with Crippen LogP contribution in [0.4, 0.5) is 0 Å². The predicted octanol–water partition coefficient (Wildman–Crippen LogP) is 10.2. The Morgan fingerprint density at radius 2 is 1.12 bits per heavy atom. The van der Waals surface area contributed by atoms with Crippen LogP contribution in [0.15, 0.2) is 170 Å². The molecular weight excluding hydrogens is 689 g/mol. The second-order valence-corrected chi connectivity index (χ2v) is 14.2. The molecule has 0 bridgehead atoms. The molecule has 56 heavy (non-hydrogen) atoms. The van der Waals surface area contributed by atoms with Gasteiger partial charge >= 0.3 is 0 Å². The molecule has 8 aromatic rings. The molecule has 278 valence electrons. The average Bonchev–Trinajstić information content (AvgIpc) is 3.86. The number of aromatic nitrogens is 6. The third kappa shape index (κ3) is 7.46. The first-order valence-corrected chi connectivity index (χ1v) is 19.5. The van der Waals surface area contributed by atoms with E-state index in [2.05, 4.69) is 134 Å². The van der Waals surface area contributed by atoms with Crippen molar-refractivity contribution in [3.05, 3.63) is 215 Å². The summed E-state index contributed by atoms with van der Waals surface area (Å²) in [4.78, 5) is 1.79. The zero-order valence-corrected chi connectivity index (χ0v) is 32.0.